The third kappa shape index (κ3) is 3.65. The second-order valence-electron chi connectivity index (χ2n) is 4.08. The smallest absolute Gasteiger partial charge is 0.361 e. The average Bonchev–Trinajstić information content (AvgIpc) is 2.71. The van der Waals surface area contributed by atoms with Crippen molar-refractivity contribution >= 4 is 23.3 Å². The maximum atomic E-state index is 12.1. The van der Waals surface area contributed by atoms with Gasteiger partial charge in [0, 0.05) is 24.2 Å². The molecule has 0 radical (unpaired) electrons. The fourth-order valence-corrected chi connectivity index (χ4v) is 1.78. The van der Waals surface area contributed by atoms with Gasteiger partial charge >= 0.3 is 6.18 Å². The molecule has 1 aromatic carbocycles. The molecule has 0 aliphatic carbocycles. The second-order valence-corrected chi connectivity index (χ2v) is 4.08. The molecular weight excluding hydrogens is 265 g/mol. The second kappa shape index (κ2) is 5.63. The number of hydrogen-bond acceptors (Lipinski definition) is 1. The van der Waals surface area contributed by atoms with E-state index in [1.807, 2.05) is 12.1 Å². The fraction of sp³-hybridized carbons (Fsp3) is 0.333. The quantitative estimate of drug-likeness (QED) is 0.877. The third-order valence-electron chi connectivity index (χ3n) is 2.75. The van der Waals surface area contributed by atoms with Gasteiger partial charge in [-0.2, -0.15) is 13.2 Å². The van der Waals surface area contributed by atoms with Crippen LogP contribution >= 0.6 is 12.4 Å². The first-order chi connectivity index (χ1) is 7.96. The molecule has 1 atom stereocenters. The summed E-state index contributed by atoms with van der Waals surface area (Å²) in [4.78, 5) is 3.01. The Morgan fingerprint density at radius 3 is 2.61 bits per heavy atom. The van der Waals surface area contributed by atoms with Gasteiger partial charge in [0.25, 0.3) is 0 Å². The maximum Gasteiger partial charge on any atom is 0.389 e. The summed E-state index contributed by atoms with van der Waals surface area (Å²) in [6, 6.07) is 6.76. The summed E-state index contributed by atoms with van der Waals surface area (Å²) in [7, 11) is 0. The van der Waals surface area contributed by atoms with Crippen molar-refractivity contribution in [3.63, 3.8) is 0 Å². The largest absolute Gasteiger partial charge is 0.389 e. The minimum Gasteiger partial charge on any atom is -0.361 e. The number of aromatic amines is 1. The van der Waals surface area contributed by atoms with Gasteiger partial charge in [0.1, 0.15) is 0 Å². The topological polar surface area (TPSA) is 41.8 Å². The lowest BCUT2D eigenvalue weighted by molar-refractivity contribution is -0.136. The molecule has 2 nitrogen and oxygen atoms in total. The van der Waals surface area contributed by atoms with Crippen LogP contribution in [0, 0.1) is 0 Å². The highest BCUT2D eigenvalue weighted by Crippen LogP contribution is 2.27. The van der Waals surface area contributed by atoms with Crippen LogP contribution in [0.25, 0.3) is 10.9 Å². The molecule has 0 saturated heterocycles. The summed E-state index contributed by atoms with van der Waals surface area (Å²) in [5, 5.41) is 1.02. The Balaban J connectivity index is 0.00000162. The number of rotatable bonds is 3. The van der Waals surface area contributed by atoms with Crippen molar-refractivity contribution in [2.75, 3.05) is 0 Å². The van der Waals surface area contributed by atoms with Crippen molar-refractivity contribution in [2.24, 2.45) is 5.73 Å². The molecule has 0 fully saturated rings. The highest BCUT2D eigenvalue weighted by molar-refractivity contribution is 5.85. The molecule has 2 aromatic rings. The Hall–Kier alpha value is -1.20. The normalized spacial score (nSPS) is 13.3. The lowest BCUT2D eigenvalue weighted by Gasteiger charge is -2.13. The van der Waals surface area contributed by atoms with Gasteiger partial charge in [0.05, 0.1) is 0 Å². The van der Waals surface area contributed by atoms with Crippen LogP contribution in [0.1, 0.15) is 24.4 Å². The summed E-state index contributed by atoms with van der Waals surface area (Å²) in [6.07, 6.45) is -3.30. The molecule has 3 N–H and O–H groups in total. The van der Waals surface area contributed by atoms with Crippen molar-refractivity contribution < 1.29 is 13.2 Å². The van der Waals surface area contributed by atoms with Crippen LogP contribution < -0.4 is 5.73 Å². The molecule has 0 amide bonds. The van der Waals surface area contributed by atoms with Gasteiger partial charge in [-0.3, -0.25) is 0 Å². The lowest BCUT2D eigenvalue weighted by atomic mass is 10.0. The Bertz CT molecular complexity index is 507. The van der Waals surface area contributed by atoms with E-state index >= 15 is 0 Å². The zero-order valence-electron chi connectivity index (χ0n) is 9.50. The Morgan fingerprint density at radius 1 is 1.22 bits per heavy atom. The molecule has 1 aromatic heterocycles. The molecule has 0 aliphatic rings. The van der Waals surface area contributed by atoms with Crippen LogP contribution in [-0.2, 0) is 0 Å². The molecule has 6 heteroatoms. The predicted octanol–water partition coefficient (Wildman–Crippen LogP) is 3.93. The van der Waals surface area contributed by atoms with Crippen molar-refractivity contribution in [1.82, 2.24) is 4.98 Å². The van der Waals surface area contributed by atoms with Gasteiger partial charge in [-0.15, -0.1) is 12.4 Å². The van der Waals surface area contributed by atoms with Gasteiger partial charge in [-0.1, -0.05) is 12.1 Å². The minimum atomic E-state index is -4.14. The van der Waals surface area contributed by atoms with Crippen LogP contribution in [0.5, 0.6) is 0 Å². The molecule has 0 saturated carbocycles. The van der Waals surface area contributed by atoms with Gasteiger partial charge in [0.2, 0.25) is 0 Å². The first-order valence-electron chi connectivity index (χ1n) is 5.35. The lowest BCUT2D eigenvalue weighted by Crippen LogP contribution is -2.15. The van der Waals surface area contributed by atoms with E-state index in [2.05, 4.69) is 4.98 Å². The number of halogens is 4. The van der Waals surface area contributed by atoms with Gasteiger partial charge in [0.15, 0.2) is 0 Å². The van der Waals surface area contributed by atoms with Crippen LogP contribution in [0.2, 0.25) is 0 Å². The van der Waals surface area contributed by atoms with Gasteiger partial charge < -0.3 is 10.7 Å². The first-order valence-corrected chi connectivity index (χ1v) is 5.35. The van der Waals surface area contributed by atoms with E-state index < -0.39 is 18.6 Å². The number of H-pyrrole nitrogens is 1. The summed E-state index contributed by atoms with van der Waals surface area (Å²) >= 11 is 0. The Morgan fingerprint density at radius 2 is 1.94 bits per heavy atom. The maximum absolute atomic E-state index is 12.1. The monoisotopic (exact) mass is 278 g/mol. The number of fused-ring (bicyclic) bond motifs is 1. The number of benzene rings is 1. The van der Waals surface area contributed by atoms with Crippen LogP contribution in [-0.4, -0.2) is 11.2 Å². The standard InChI is InChI=1S/C12H13F3N2.ClH/c13-12(14,15)5-3-10(16)9-2-1-8-4-6-17-11(8)7-9;/h1-2,4,6-7,10,17H,3,5,16H2;1H/t10-;/m0./s1. The molecule has 2 rings (SSSR count). The Labute approximate surface area is 109 Å². The summed E-state index contributed by atoms with van der Waals surface area (Å²) in [5.41, 5.74) is 7.37. The predicted molar refractivity (Wildman–Crippen MR) is 67.8 cm³/mol. The molecule has 0 aliphatic heterocycles. The SMILES string of the molecule is Cl.N[C@@H](CCC(F)(F)F)c1ccc2cc[nH]c2c1. The first kappa shape index (κ1) is 14.9. The summed E-state index contributed by atoms with van der Waals surface area (Å²) in [6.45, 7) is 0. The van der Waals surface area contributed by atoms with E-state index in [0.29, 0.717) is 0 Å². The number of aromatic nitrogens is 1. The highest BCUT2D eigenvalue weighted by atomic mass is 35.5. The average molecular weight is 279 g/mol. The highest BCUT2D eigenvalue weighted by Gasteiger charge is 2.27. The Kier molecular flexibility index (Phi) is 4.65. The van der Waals surface area contributed by atoms with Crippen molar-refractivity contribution in [1.29, 1.82) is 0 Å². The van der Waals surface area contributed by atoms with Crippen molar-refractivity contribution in [3.05, 3.63) is 36.0 Å². The van der Waals surface area contributed by atoms with Gasteiger partial charge in [-0.25, -0.2) is 0 Å². The number of alkyl halides is 3. The van der Waals surface area contributed by atoms with E-state index in [0.717, 1.165) is 16.5 Å². The zero-order chi connectivity index (χ0) is 12.5. The fourth-order valence-electron chi connectivity index (χ4n) is 1.78. The molecule has 100 valence electrons. The van der Waals surface area contributed by atoms with Crippen LogP contribution in [0.15, 0.2) is 30.5 Å². The molecule has 1 heterocycles. The van der Waals surface area contributed by atoms with E-state index in [1.165, 1.54) is 0 Å². The summed E-state index contributed by atoms with van der Waals surface area (Å²) < 4.78 is 36.2. The zero-order valence-corrected chi connectivity index (χ0v) is 10.3. The third-order valence-corrected chi connectivity index (χ3v) is 2.75. The summed E-state index contributed by atoms with van der Waals surface area (Å²) in [5.74, 6) is 0. The van der Waals surface area contributed by atoms with E-state index in [9.17, 15) is 13.2 Å². The van der Waals surface area contributed by atoms with Gasteiger partial charge in [-0.05, 0) is 29.5 Å². The van der Waals surface area contributed by atoms with E-state index in [4.69, 9.17) is 5.73 Å². The molecule has 0 bridgehead atoms. The number of nitrogens with one attached hydrogen (secondary N) is 1. The van der Waals surface area contributed by atoms with E-state index in [1.54, 1.807) is 18.3 Å². The van der Waals surface area contributed by atoms with Crippen LogP contribution in [0.4, 0.5) is 13.2 Å². The van der Waals surface area contributed by atoms with Crippen LogP contribution in [0.3, 0.4) is 0 Å². The molecule has 0 spiro atoms. The van der Waals surface area contributed by atoms with E-state index in [-0.39, 0.29) is 18.8 Å². The number of nitrogens with two attached hydrogens (primary N) is 1. The molecule has 18 heavy (non-hydrogen) atoms. The number of hydrogen-bond donors (Lipinski definition) is 2. The van der Waals surface area contributed by atoms with Crippen molar-refractivity contribution in [2.45, 2.75) is 25.1 Å². The molecule has 0 unspecified atom stereocenters. The minimum absolute atomic E-state index is 0. The molecular formula is C12H14ClF3N2. The van der Waals surface area contributed by atoms with Crippen molar-refractivity contribution in [3.8, 4) is 0 Å².